The van der Waals surface area contributed by atoms with Crippen molar-refractivity contribution < 1.29 is 9.47 Å². The highest BCUT2D eigenvalue weighted by atomic mass is 16.5. The molecule has 0 aromatic heterocycles. The highest BCUT2D eigenvalue weighted by Crippen LogP contribution is 2.21. The van der Waals surface area contributed by atoms with Crippen LogP contribution in [0, 0.1) is 0 Å². The Morgan fingerprint density at radius 2 is 2.19 bits per heavy atom. The van der Waals surface area contributed by atoms with E-state index in [0.29, 0.717) is 6.10 Å². The van der Waals surface area contributed by atoms with E-state index < -0.39 is 0 Å². The molecule has 1 fully saturated rings. The molecule has 4 nitrogen and oxygen atoms in total. The molecule has 0 spiro atoms. The summed E-state index contributed by atoms with van der Waals surface area (Å²) in [5.41, 5.74) is 2.61. The molecule has 0 amide bonds. The summed E-state index contributed by atoms with van der Waals surface area (Å²) in [7, 11) is 3.89. The number of likely N-dealkylation sites (N-methyl/N-ethyl adjacent to an activating group) is 1. The molecule has 1 aliphatic heterocycles. The fraction of sp³-hybridized carbons (Fsp3) is 0.647. The van der Waals surface area contributed by atoms with Crippen LogP contribution in [0.3, 0.4) is 0 Å². The number of anilines is 1. The van der Waals surface area contributed by atoms with Crippen LogP contribution in [0.5, 0.6) is 0 Å². The third kappa shape index (κ3) is 5.30. The Morgan fingerprint density at radius 3 is 2.95 bits per heavy atom. The standard InChI is InChI=1S/C17H28N2O2/c1-19(14-16-8-5-6-11-21-16)17-9-4-3-7-15(17)13-18-10-12-20-2/h3-4,7,9,16,18H,5-6,8,10-14H2,1-2H3. The molecule has 2 rings (SSSR count). The van der Waals surface area contributed by atoms with E-state index in [4.69, 9.17) is 9.47 Å². The third-order valence-corrected chi connectivity index (χ3v) is 3.95. The molecule has 1 aliphatic rings. The zero-order chi connectivity index (χ0) is 14.9. The maximum Gasteiger partial charge on any atom is 0.0749 e. The first-order chi connectivity index (χ1) is 10.3. The predicted octanol–water partition coefficient (Wildman–Crippen LogP) is 2.43. The van der Waals surface area contributed by atoms with Crippen LogP contribution in [0.2, 0.25) is 0 Å². The summed E-state index contributed by atoms with van der Waals surface area (Å²) in [6, 6.07) is 8.58. The number of para-hydroxylation sites is 1. The van der Waals surface area contributed by atoms with Crippen LogP contribution in [-0.2, 0) is 16.0 Å². The molecule has 0 radical (unpaired) electrons. The van der Waals surface area contributed by atoms with Crippen LogP contribution in [0.4, 0.5) is 5.69 Å². The van der Waals surface area contributed by atoms with Crippen molar-refractivity contribution in [3.63, 3.8) is 0 Å². The molecule has 1 saturated heterocycles. The second-order valence-electron chi connectivity index (χ2n) is 5.67. The molecule has 1 aromatic carbocycles. The van der Waals surface area contributed by atoms with Crippen molar-refractivity contribution in [3.05, 3.63) is 29.8 Å². The minimum Gasteiger partial charge on any atom is -0.383 e. The molecular formula is C17H28N2O2. The van der Waals surface area contributed by atoms with Crippen LogP contribution in [-0.4, -0.2) is 46.6 Å². The monoisotopic (exact) mass is 292 g/mol. The summed E-state index contributed by atoms with van der Waals surface area (Å²) in [5.74, 6) is 0. The van der Waals surface area contributed by atoms with Gasteiger partial charge >= 0.3 is 0 Å². The molecule has 1 heterocycles. The van der Waals surface area contributed by atoms with Crippen LogP contribution in [0.1, 0.15) is 24.8 Å². The number of hydrogen-bond donors (Lipinski definition) is 1. The maximum absolute atomic E-state index is 5.85. The molecule has 118 valence electrons. The minimum absolute atomic E-state index is 0.373. The number of nitrogens with zero attached hydrogens (tertiary/aromatic N) is 1. The van der Waals surface area contributed by atoms with Gasteiger partial charge in [0.25, 0.3) is 0 Å². The number of ether oxygens (including phenoxy) is 2. The molecule has 21 heavy (non-hydrogen) atoms. The summed E-state index contributed by atoms with van der Waals surface area (Å²) >= 11 is 0. The van der Waals surface area contributed by atoms with Gasteiger partial charge in [0.2, 0.25) is 0 Å². The van der Waals surface area contributed by atoms with Crippen LogP contribution in [0.15, 0.2) is 24.3 Å². The lowest BCUT2D eigenvalue weighted by molar-refractivity contribution is 0.0216. The zero-order valence-electron chi connectivity index (χ0n) is 13.3. The second kappa shape index (κ2) is 9.03. The normalized spacial score (nSPS) is 18.7. The highest BCUT2D eigenvalue weighted by molar-refractivity contribution is 5.53. The van der Waals surface area contributed by atoms with Crippen molar-refractivity contribution in [2.45, 2.75) is 31.9 Å². The van der Waals surface area contributed by atoms with Gasteiger partial charge in [-0.2, -0.15) is 0 Å². The average molecular weight is 292 g/mol. The zero-order valence-corrected chi connectivity index (χ0v) is 13.3. The van der Waals surface area contributed by atoms with Crippen LogP contribution in [0.25, 0.3) is 0 Å². The van der Waals surface area contributed by atoms with Gasteiger partial charge in [0, 0.05) is 46.1 Å². The molecular weight excluding hydrogens is 264 g/mol. The van der Waals surface area contributed by atoms with E-state index in [1.165, 1.54) is 30.5 Å². The Morgan fingerprint density at radius 1 is 1.33 bits per heavy atom. The smallest absolute Gasteiger partial charge is 0.0749 e. The second-order valence-corrected chi connectivity index (χ2v) is 5.67. The van der Waals surface area contributed by atoms with Crippen molar-refractivity contribution >= 4 is 5.69 Å². The predicted molar refractivity (Wildman–Crippen MR) is 86.9 cm³/mol. The van der Waals surface area contributed by atoms with Gasteiger partial charge in [0.1, 0.15) is 0 Å². The first-order valence-corrected chi connectivity index (χ1v) is 7.91. The van der Waals surface area contributed by atoms with E-state index >= 15 is 0 Å². The van der Waals surface area contributed by atoms with Crippen LogP contribution < -0.4 is 10.2 Å². The largest absolute Gasteiger partial charge is 0.383 e. The summed E-state index contributed by atoms with van der Waals surface area (Å²) in [4.78, 5) is 2.32. The first kappa shape index (κ1) is 16.3. The summed E-state index contributed by atoms with van der Waals surface area (Å²) < 4.78 is 10.9. The summed E-state index contributed by atoms with van der Waals surface area (Å²) in [5, 5.41) is 3.42. The first-order valence-electron chi connectivity index (χ1n) is 7.91. The fourth-order valence-corrected chi connectivity index (χ4v) is 2.79. The molecule has 1 unspecified atom stereocenters. The van der Waals surface area contributed by atoms with Gasteiger partial charge in [-0.3, -0.25) is 0 Å². The Kier molecular flexibility index (Phi) is 7.00. The van der Waals surface area contributed by atoms with Gasteiger partial charge in [-0.05, 0) is 30.9 Å². The molecule has 1 aromatic rings. The number of benzene rings is 1. The lowest BCUT2D eigenvalue weighted by atomic mass is 10.1. The van der Waals surface area contributed by atoms with E-state index in [9.17, 15) is 0 Å². The fourth-order valence-electron chi connectivity index (χ4n) is 2.79. The summed E-state index contributed by atoms with van der Waals surface area (Å²) in [6.07, 6.45) is 4.05. The Labute approximate surface area is 128 Å². The van der Waals surface area contributed by atoms with E-state index in [2.05, 4.69) is 41.5 Å². The Bertz CT molecular complexity index is 406. The van der Waals surface area contributed by atoms with Crippen molar-refractivity contribution in [1.82, 2.24) is 5.32 Å². The number of methoxy groups -OCH3 is 1. The van der Waals surface area contributed by atoms with Gasteiger partial charge in [0.15, 0.2) is 0 Å². The molecule has 0 aliphatic carbocycles. The number of nitrogens with one attached hydrogen (secondary N) is 1. The van der Waals surface area contributed by atoms with Crippen LogP contribution >= 0.6 is 0 Å². The van der Waals surface area contributed by atoms with E-state index in [1.54, 1.807) is 7.11 Å². The van der Waals surface area contributed by atoms with E-state index in [0.717, 1.165) is 32.8 Å². The molecule has 1 N–H and O–H groups in total. The topological polar surface area (TPSA) is 33.7 Å². The average Bonchev–Trinajstić information content (AvgIpc) is 2.53. The van der Waals surface area contributed by atoms with Crippen molar-refractivity contribution in [2.75, 3.05) is 45.4 Å². The van der Waals surface area contributed by atoms with Gasteiger partial charge in [0.05, 0.1) is 12.7 Å². The minimum atomic E-state index is 0.373. The molecule has 0 bridgehead atoms. The maximum atomic E-state index is 5.85. The Hall–Kier alpha value is -1.10. The SMILES string of the molecule is COCCNCc1ccccc1N(C)CC1CCCCO1. The van der Waals surface area contributed by atoms with Crippen molar-refractivity contribution in [1.29, 1.82) is 0 Å². The van der Waals surface area contributed by atoms with Gasteiger partial charge in [-0.15, -0.1) is 0 Å². The summed E-state index contributed by atoms with van der Waals surface area (Å²) in [6.45, 7) is 4.37. The highest BCUT2D eigenvalue weighted by Gasteiger charge is 2.17. The quantitative estimate of drug-likeness (QED) is 0.746. The van der Waals surface area contributed by atoms with E-state index in [1.807, 2.05) is 0 Å². The number of hydrogen-bond acceptors (Lipinski definition) is 4. The van der Waals surface area contributed by atoms with Gasteiger partial charge < -0.3 is 19.7 Å². The molecule has 0 saturated carbocycles. The van der Waals surface area contributed by atoms with Gasteiger partial charge in [-0.25, -0.2) is 0 Å². The third-order valence-electron chi connectivity index (χ3n) is 3.95. The van der Waals surface area contributed by atoms with Crippen molar-refractivity contribution in [3.8, 4) is 0 Å². The Balaban J connectivity index is 1.90. The van der Waals surface area contributed by atoms with E-state index in [-0.39, 0.29) is 0 Å². The van der Waals surface area contributed by atoms with Gasteiger partial charge in [-0.1, -0.05) is 18.2 Å². The lowest BCUT2D eigenvalue weighted by Gasteiger charge is -2.30. The van der Waals surface area contributed by atoms with Crippen molar-refractivity contribution in [2.24, 2.45) is 0 Å². The number of rotatable bonds is 8. The molecule has 4 heteroatoms. The molecule has 1 atom stereocenters. The lowest BCUT2D eigenvalue weighted by Crippen LogP contribution is -2.34.